The van der Waals surface area contributed by atoms with Gasteiger partial charge < -0.3 is 10.6 Å². The van der Waals surface area contributed by atoms with Gasteiger partial charge in [-0.15, -0.1) is 35.3 Å². The van der Waals surface area contributed by atoms with Crippen molar-refractivity contribution in [2.45, 2.75) is 20.3 Å². The lowest BCUT2D eigenvalue weighted by Gasteiger charge is -2.08. The summed E-state index contributed by atoms with van der Waals surface area (Å²) in [6.07, 6.45) is 0.942. The zero-order chi connectivity index (χ0) is 11.8. The zero-order valence-corrected chi connectivity index (χ0v) is 14.0. The normalized spacial score (nSPS) is 9.35. The quantitative estimate of drug-likeness (QED) is 0.463. The molecule has 1 rings (SSSR count). The molecule has 1 aromatic rings. The molecule has 0 aromatic carbocycles. The van der Waals surface area contributed by atoms with Crippen LogP contribution in [0, 0.1) is 0 Å². The molecule has 0 aliphatic heterocycles. The first-order chi connectivity index (χ1) is 7.76. The SMILES string of the molecule is CCNC(=NCCc1ccc(Cl)s1)NCC.I. The molecule has 0 spiro atoms. The minimum Gasteiger partial charge on any atom is -0.357 e. The van der Waals surface area contributed by atoms with E-state index in [4.69, 9.17) is 11.6 Å². The molecule has 0 aliphatic carbocycles. The molecule has 0 atom stereocenters. The van der Waals surface area contributed by atoms with Crippen LogP contribution in [0.25, 0.3) is 0 Å². The number of halogens is 2. The van der Waals surface area contributed by atoms with E-state index in [0.717, 1.165) is 36.4 Å². The van der Waals surface area contributed by atoms with E-state index in [1.54, 1.807) is 11.3 Å². The highest BCUT2D eigenvalue weighted by Gasteiger charge is 1.98. The van der Waals surface area contributed by atoms with Crippen molar-refractivity contribution in [1.82, 2.24) is 10.6 Å². The topological polar surface area (TPSA) is 36.4 Å². The van der Waals surface area contributed by atoms with Crippen molar-refractivity contribution in [1.29, 1.82) is 0 Å². The molecule has 3 nitrogen and oxygen atoms in total. The van der Waals surface area contributed by atoms with Crippen molar-refractivity contribution in [2.75, 3.05) is 19.6 Å². The average molecular weight is 388 g/mol. The summed E-state index contributed by atoms with van der Waals surface area (Å²) in [5.74, 6) is 0.882. The molecule has 0 amide bonds. The summed E-state index contributed by atoms with van der Waals surface area (Å²) in [6, 6.07) is 3.99. The van der Waals surface area contributed by atoms with Gasteiger partial charge in [-0.3, -0.25) is 4.99 Å². The van der Waals surface area contributed by atoms with E-state index in [2.05, 4.69) is 35.5 Å². The number of nitrogens with one attached hydrogen (secondary N) is 2. The van der Waals surface area contributed by atoms with Gasteiger partial charge in [0, 0.05) is 30.9 Å². The van der Waals surface area contributed by atoms with E-state index in [9.17, 15) is 0 Å². The molecule has 6 heteroatoms. The lowest BCUT2D eigenvalue weighted by atomic mass is 10.3. The van der Waals surface area contributed by atoms with Crippen LogP contribution in [0.4, 0.5) is 0 Å². The molecule has 1 aromatic heterocycles. The maximum Gasteiger partial charge on any atom is 0.191 e. The van der Waals surface area contributed by atoms with E-state index in [1.807, 2.05) is 6.07 Å². The van der Waals surface area contributed by atoms with Crippen molar-refractivity contribution in [3.05, 3.63) is 21.3 Å². The standard InChI is InChI=1S/C11H18ClN3S.HI/c1-3-13-11(14-4-2)15-8-7-9-5-6-10(12)16-9;/h5-6H,3-4,7-8H2,1-2H3,(H2,13,14,15);1H. The van der Waals surface area contributed by atoms with Gasteiger partial charge in [0.15, 0.2) is 5.96 Å². The lowest BCUT2D eigenvalue weighted by Crippen LogP contribution is -2.37. The number of aliphatic imine (C=N–C) groups is 1. The Morgan fingerprint density at radius 2 is 1.94 bits per heavy atom. The fourth-order valence-electron chi connectivity index (χ4n) is 1.27. The maximum atomic E-state index is 5.86. The summed E-state index contributed by atoms with van der Waals surface area (Å²) in [4.78, 5) is 5.74. The molecular weight excluding hydrogens is 369 g/mol. The number of hydrogen-bond donors (Lipinski definition) is 2. The summed E-state index contributed by atoms with van der Waals surface area (Å²) >= 11 is 7.48. The number of nitrogens with zero attached hydrogens (tertiary/aromatic N) is 1. The van der Waals surface area contributed by atoms with E-state index in [1.165, 1.54) is 4.88 Å². The molecule has 17 heavy (non-hydrogen) atoms. The van der Waals surface area contributed by atoms with Gasteiger partial charge in [-0.1, -0.05) is 11.6 Å². The zero-order valence-electron chi connectivity index (χ0n) is 10.1. The van der Waals surface area contributed by atoms with Crippen LogP contribution in [0.2, 0.25) is 4.34 Å². The van der Waals surface area contributed by atoms with E-state index >= 15 is 0 Å². The van der Waals surface area contributed by atoms with Gasteiger partial charge >= 0.3 is 0 Å². The van der Waals surface area contributed by atoms with Crippen LogP contribution in [-0.2, 0) is 6.42 Å². The summed E-state index contributed by atoms with van der Waals surface area (Å²) < 4.78 is 0.845. The van der Waals surface area contributed by atoms with Gasteiger partial charge in [0.1, 0.15) is 0 Å². The maximum absolute atomic E-state index is 5.86. The van der Waals surface area contributed by atoms with E-state index in [0.29, 0.717) is 0 Å². The van der Waals surface area contributed by atoms with Crippen molar-refractivity contribution in [2.24, 2.45) is 4.99 Å². The highest BCUT2D eigenvalue weighted by atomic mass is 127. The number of rotatable bonds is 5. The molecule has 0 saturated carbocycles. The summed E-state index contributed by atoms with van der Waals surface area (Å²) in [6.45, 7) is 6.68. The molecule has 0 radical (unpaired) electrons. The average Bonchev–Trinajstić information content (AvgIpc) is 2.65. The largest absolute Gasteiger partial charge is 0.357 e. The number of thiophene rings is 1. The Morgan fingerprint density at radius 3 is 2.41 bits per heavy atom. The Hall–Kier alpha value is -0.0100. The first kappa shape index (κ1) is 17.0. The number of hydrogen-bond acceptors (Lipinski definition) is 2. The van der Waals surface area contributed by atoms with Crippen LogP contribution >= 0.6 is 46.9 Å². The lowest BCUT2D eigenvalue weighted by molar-refractivity contribution is 0.835. The monoisotopic (exact) mass is 387 g/mol. The molecular formula is C11H19ClIN3S. The minimum absolute atomic E-state index is 0. The molecule has 0 unspecified atom stereocenters. The Balaban J connectivity index is 0.00000256. The number of guanidine groups is 1. The van der Waals surface area contributed by atoms with Gasteiger partial charge in [-0.25, -0.2) is 0 Å². The van der Waals surface area contributed by atoms with Gasteiger partial charge in [0.2, 0.25) is 0 Å². The summed E-state index contributed by atoms with van der Waals surface area (Å²) in [5.41, 5.74) is 0. The van der Waals surface area contributed by atoms with Gasteiger partial charge in [-0.05, 0) is 26.0 Å². The highest BCUT2D eigenvalue weighted by Crippen LogP contribution is 2.21. The fourth-order valence-corrected chi connectivity index (χ4v) is 2.35. The molecule has 1 heterocycles. The molecule has 98 valence electrons. The fraction of sp³-hybridized carbons (Fsp3) is 0.545. The summed E-state index contributed by atoms with van der Waals surface area (Å²) in [7, 11) is 0. The van der Waals surface area contributed by atoms with E-state index in [-0.39, 0.29) is 24.0 Å². The predicted molar refractivity (Wildman–Crippen MR) is 88.1 cm³/mol. The van der Waals surface area contributed by atoms with Crippen LogP contribution in [0.1, 0.15) is 18.7 Å². The molecule has 0 aliphatic rings. The van der Waals surface area contributed by atoms with Crippen LogP contribution in [0.15, 0.2) is 17.1 Å². The second-order valence-corrected chi connectivity index (χ2v) is 5.05. The summed E-state index contributed by atoms with van der Waals surface area (Å²) in [5, 5.41) is 6.38. The molecule has 0 bridgehead atoms. The Bertz CT molecular complexity index is 333. The smallest absolute Gasteiger partial charge is 0.191 e. The predicted octanol–water partition coefficient (Wildman–Crippen LogP) is 3.14. The van der Waals surface area contributed by atoms with Crippen LogP contribution in [0.3, 0.4) is 0 Å². The molecule has 0 fully saturated rings. The second-order valence-electron chi connectivity index (χ2n) is 3.25. The van der Waals surface area contributed by atoms with Crippen molar-refractivity contribution < 1.29 is 0 Å². The third kappa shape index (κ3) is 7.10. The van der Waals surface area contributed by atoms with Crippen LogP contribution in [0.5, 0.6) is 0 Å². The Morgan fingerprint density at radius 1 is 1.29 bits per heavy atom. The minimum atomic E-state index is 0. The third-order valence-electron chi connectivity index (χ3n) is 1.95. The van der Waals surface area contributed by atoms with E-state index < -0.39 is 0 Å². The Kier molecular flexibility index (Phi) is 9.96. The van der Waals surface area contributed by atoms with Gasteiger partial charge in [0.05, 0.1) is 4.34 Å². The van der Waals surface area contributed by atoms with Crippen molar-refractivity contribution in [3.63, 3.8) is 0 Å². The van der Waals surface area contributed by atoms with Crippen molar-refractivity contribution in [3.8, 4) is 0 Å². The highest BCUT2D eigenvalue weighted by molar-refractivity contribution is 14.0. The van der Waals surface area contributed by atoms with Gasteiger partial charge in [-0.2, -0.15) is 0 Å². The first-order valence-corrected chi connectivity index (χ1v) is 6.72. The first-order valence-electron chi connectivity index (χ1n) is 5.52. The molecule has 2 N–H and O–H groups in total. The van der Waals surface area contributed by atoms with Crippen molar-refractivity contribution >= 4 is 52.9 Å². The van der Waals surface area contributed by atoms with Crippen LogP contribution < -0.4 is 10.6 Å². The third-order valence-corrected chi connectivity index (χ3v) is 3.24. The Labute approximate surface area is 129 Å². The second kappa shape index (κ2) is 9.96. The van der Waals surface area contributed by atoms with Crippen LogP contribution in [-0.4, -0.2) is 25.6 Å². The molecule has 0 saturated heterocycles. The van der Waals surface area contributed by atoms with Gasteiger partial charge in [0.25, 0.3) is 0 Å².